The Morgan fingerprint density at radius 1 is 0.763 bits per heavy atom. The molecule has 8 N–H and O–H groups in total. The van der Waals surface area contributed by atoms with Gasteiger partial charge in [0.05, 0.1) is 23.8 Å². The lowest BCUT2D eigenvalue weighted by Gasteiger charge is -2.36. The summed E-state index contributed by atoms with van der Waals surface area (Å²) < 4.78 is 55.9. The number of hydrogen-bond acceptors (Lipinski definition) is 8. The normalized spacial score (nSPS) is 21.8. The zero-order valence-electron chi connectivity index (χ0n) is 31.8. The van der Waals surface area contributed by atoms with Gasteiger partial charge in [-0.1, -0.05) is 78.9 Å². The zero-order chi connectivity index (χ0) is 42.7. The molecular formula is C40H46F3N7O8S. The maximum atomic E-state index is 14.2. The van der Waals surface area contributed by atoms with Gasteiger partial charge in [-0.2, -0.15) is 13.2 Å². The molecule has 15 nitrogen and oxygen atoms in total. The maximum Gasteiger partial charge on any atom is 0.490 e. The third-order valence-corrected chi connectivity index (χ3v) is 11.6. The van der Waals surface area contributed by atoms with Crippen LogP contribution in [0.15, 0.2) is 91.1 Å². The fourth-order valence-corrected chi connectivity index (χ4v) is 7.98. The fraction of sp³-hybridized carbons (Fsp3) is 0.375. The van der Waals surface area contributed by atoms with Crippen molar-refractivity contribution >= 4 is 50.5 Å². The number of aliphatic carboxylic acids is 1. The number of alkyl halides is 3. The predicted molar refractivity (Wildman–Crippen MR) is 211 cm³/mol. The Hall–Kier alpha value is -5.79. The summed E-state index contributed by atoms with van der Waals surface area (Å²) in [5, 5.41) is 24.6. The van der Waals surface area contributed by atoms with Crippen LogP contribution in [0.25, 0.3) is 10.9 Å². The number of likely N-dealkylation sites (tertiary alicyclic amines) is 1. The number of amides is 4. The van der Waals surface area contributed by atoms with Crippen LogP contribution in [0.4, 0.5) is 13.2 Å². The summed E-state index contributed by atoms with van der Waals surface area (Å²) in [5.74, 6) is -4.69. The second-order valence-corrected chi connectivity index (χ2v) is 16.3. The van der Waals surface area contributed by atoms with E-state index in [2.05, 4.69) is 26.3 Å². The second kappa shape index (κ2) is 19.8. The molecular weight excluding hydrogens is 796 g/mol. The number of carbonyl (C=O) groups excluding carboxylic acids is 4. The van der Waals surface area contributed by atoms with Crippen molar-refractivity contribution in [2.75, 3.05) is 19.6 Å². The number of nitrogens with zero attached hydrogens (tertiary/aromatic N) is 1. The first-order valence-corrected chi connectivity index (χ1v) is 20.4. The summed E-state index contributed by atoms with van der Waals surface area (Å²) in [4.78, 5) is 70.0. The quantitative estimate of drug-likeness (QED) is 0.137. The smallest absolute Gasteiger partial charge is 0.475 e. The molecule has 0 unspecified atom stereocenters. The van der Waals surface area contributed by atoms with Crippen molar-refractivity contribution in [1.29, 1.82) is 0 Å². The van der Waals surface area contributed by atoms with E-state index in [0.717, 1.165) is 27.6 Å². The molecule has 0 spiro atoms. The van der Waals surface area contributed by atoms with Crippen LogP contribution in [0, 0.1) is 0 Å². The number of aromatic nitrogens is 1. The molecule has 59 heavy (non-hydrogen) atoms. The maximum absolute atomic E-state index is 14.2. The highest BCUT2D eigenvalue weighted by atomic mass is 32.2. The minimum Gasteiger partial charge on any atom is -0.475 e. The SMILES string of the molecule is NS(=O)(=O)C1CCN([C@@H]2CC(=O)N[C@@H](Cc3c[nH]c4ccccc34)C(=O)N[C@@H](Cc3ccccc3)C(=O)N[C@H](Cc3ccccc3)CNC2=O)CC1.O=C(O)C(F)(F)F. The van der Waals surface area contributed by atoms with Crippen LogP contribution in [0.3, 0.4) is 0 Å². The number of primary sulfonamides is 1. The summed E-state index contributed by atoms with van der Waals surface area (Å²) >= 11 is 0. The summed E-state index contributed by atoms with van der Waals surface area (Å²) in [6.45, 7) is 0.522. The molecule has 3 aromatic carbocycles. The number of sulfonamides is 1. The number of hydrogen-bond donors (Lipinski definition) is 7. The van der Waals surface area contributed by atoms with Crippen LogP contribution in [0.1, 0.15) is 36.0 Å². The van der Waals surface area contributed by atoms with Gasteiger partial charge in [0.2, 0.25) is 33.7 Å². The van der Waals surface area contributed by atoms with Gasteiger partial charge in [-0.3, -0.25) is 24.1 Å². The molecule has 2 aliphatic rings. The highest BCUT2D eigenvalue weighted by Crippen LogP contribution is 2.22. The average molecular weight is 842 g/mol. The lowest BCUT2D eigenvalue weighted by atomic mass is 9.99. The van der Waals surface area contributed by atoms with Crippen LogP contribution in [-0.4, -0.2) is 108 Å². The van der Waals surface area contributed by atoms with Gasteiger partial charge < -0.3 is 31.4 Å². The number of rotatable bonds is 8. The molecule has 2 aliphatic heterocycles. The van der Waals surface area contributed by atoms with E-state index in [1.807, 2.05) is 84.9 Å². The van der Waals surface area contributed by atoms with Crippen LogP contribution in [0.2, 0.25) is 0 Å². The summed E-state index contributed by atoms with van der Waals surface area (Å²) in [5.41, 5.74) is 3.44. The number of carboxylic acid groups (broad SMARTS) is 1. The molecule has 0 radical (unpaired) electrons. The molecule has 4 amide bonds. The fourth-order valence-electron chi connectivity index (χ4n) is 7.11. The van der Waals surface area contributed by atoms with Gasteiger partial charge >= 0.3 is 12.1 Å². The van der Waals surface area contributed by atoms with E-state index in [-0.39, 0.29) is 51.7 Å². The first kappa shape index (κ1) is 44.3. The Morgan fingerprint density at radius 3 is 1.90 bits per heavy atom. The Balaban J connectivity index is 0.000000867. The minimum absolute atomic E-state index is 0.0560. The summed E-state index contributed by atoms with van der Waals surface area (Å²) in [6.07, 6.45) is -2.42. The molecule has 1 aromatic heterocycles. The summed E-state index contributed by atoms with van der Waals surface area (Å²) in [7, 11) is -3.76. The predicted octanol–water partition coefficient (Wildman–Crippen LogP) is 1.92. The molecule has 316 valence electrons. The van der Waals surface area contributed by atoms with E-state index in [0.29, 0.717) is 6.42 Å². The third-order valence-electron chi connectivity index (χ3n) is 10.2. The first-order valence-electron chi connectivity index (χ1n) is 18.8. The molecule has 0 bridgehead atoms. The zero-order valence-corrected chi connectivity index (χ0v) is 32.6. The van der Waals surface area contributed by atoms with Crippen LogP contribution in [0.5, 0.6) is 0 Å². The lowest BCUT2D eigenvalue weighted by Crippen LogP contribution is -2.60. The van der Waals surface area contributed by atoms with E-state index in [1.165, 1.54) is 0 Å². The number of carbonyl (C=O) groups is 5. The number of benzene rings is 3. The molecule has 3 heterocycles. The lowest BCUT2D eigenvalue weighted by molar-refractivity contribution is -0.192. The number of aromatic amines is 1. The molecule has 4 atom stereocenters. The minimum atomic E-state index is -5.08. The Morgan fingerprint density at radius 2 is 1.31 bits per heavy atom. The number of para-hydroxylation sites is 1. The van der Waals surface area contributed by atoms with Crippen molar-refractivity contribution in [3.05, 3.63) is 108 Å². The van der Waals surface area contributed by atoms with Gasteiger partial charge in [0.25, 0.3) is 0 Å². The molecule has 6 rings (SSSR count). The number of piperidine rings is 1. The highest BCUT2D eigenvalue weighted by molar-refractivity contribution is 7.89. The van der Waals surface area contributed by atoms with Crippen molar-refractivity contribution < 1.29 is 50.7 Å². The number of fused-ring (bicyclic) bond motifs is 1. The van der Waals surface area contributed by atoms with Gasteiger partial charge in [0.15, 0.2) is 0 Å². The van der Waals surface area contributed by atoms with Crippen LogP contribution >= 0.6 is 0 Å². The standard InChI is InChI=1S/C38H45N7O6S.C2HF3O2/c39-52(50,51)29-15-17-45(18-16-29)34-22-35(46)43-33(21-27-23-40-31-14-8-7-13-30(27)31)37(48)44-32(20-26-11-5-2-6-12-26)36(47)42-28(24-41-38(34)49)19-25-9-3-1-4-10-25;3-2(4,5)1(6)7/h1-14,23,28-29,32-34,40H,15-22,24H2,(H,41,49)(H,42,47)(H,43,46)(H,44,48)(H2,39,50,51);(H,6,7)/t28-,32+,33+,34-;/m1./s1. The Bertz CT molecular complexity index is 2200. The molecule has 4 aromatic rings. The van der Waals surface area contributed by atoms with Crippen molar-refractivity contribution in [3.8, 4) is 0 Å². The van der Waals surface area contributed by atoms with Gasteiger partial charge in [-0.25, -0.2) is 18.4 Å². The van der Waals surface area contributed by atoms with E-state index in [9.17, 15) is 40.8 Å². The van der Waals surface area contributed by atoms with Crippen molar-refractivity contribution in [3.63, 3.8) is 0 Å². The topological polar surface area (TPSA) is 233 Å². The van der Waals surface area contributed by atoms with Gasteiger partial charge in [0.1, 0.15) is 12.1 Å². The monoisotopic (exact) mass is 841 g/mol. The van der Waals surface area contributed by atoms with E-state index in [1.54, 1.807) is 11.1 Å². The third kappa shape index (κ3) is 12.8. The number of halogens is 3. The molecule has 0 saturated carbocycles. The number of carboxylic acids is 1. The number of H-pyrrole nitrogens is 1. The van der Waals surface area contributed by atoms with E-state index in [4.69, 9.17) is 15.0 Å². The Labute approximate surface area is 338 Å². The Kier molecular flexibility index (Phi) is 14.9. The van der Waals surface area contributed by atoms with Crippen LogP contribution in [-0.2, 0) is 53.3 Å². The molecule has 0 aliphatic carbocycles. The largest absolute Gasteiger partial charge is 0.490 e. The van der Waals surface area contributed by atoms with Gasteiger partial charge in [-0.15, -0.1) is 0 Å². The average Bonchev–Trinajstić information content (AvgIpc) is 3.61. The molecule has 2 fully saturated rings. The van der Waals surface area contributed by atoms with E-state index >= 15 is 0 Å². The summed E-state index contributed by atoms with van der Waals surface area (Å²) in [6, 6.07) is 22.9. The first-order chi connectivity index (χ1) is 28.0. The highest BCUT2D eigenvalue weighted by Gasteiger charge is 2.39. The molecule has 19 heteroatoms. The molecule has 2 saturated heterocycles. The van der Waals surface area contributed by atoms with Crippen molar-refractivity contribution in [2.24, 2.45) is 5.14 Å². The van der Waals surface area contributed by atoms with E-state index < -0.39 is 75.2 Å². The van der Waals surface area contributed by atoms with Gasteiger partial charge in [-0.05, 0) is 42.0 Å². The van der Waals surface area contributed by atoms with Crippen LogP contribution < -0.4 is 26.4 Å². The number of nitrogens with one attached hydrogen (secondary N) is 5. The second-order valence-electron chi connectivity index (χ2n) is 14.4. The van der Waals surface area contributed by atoms with Crippen molar-refractivity contribution in [2.45, 2.75) is 74.1 Å². The number of nitrogens with two attached hydrogens (primary N) is 1. The van der Waals surface area contributed by atoms with Gasteiger partial charge in [0, 0.05) is 49.6 Å². The van der Waals surface area contributed by atoms with Crippen molar-refractivity contribution in [1.82, 2.24) is 31.2 Å².